The Morgan fingerprint density at radius 3 is 2.72 bits per heavy atom. The van der Waals surface area contributed by atoms with Gasteiger partial charge in [-0.3, -0.25) is 4.79 Å². The first-order chi connectivity index (χ1) is 8.59. The zero-order valence-electron chi connectivity index (χ0n) is 11.4. The summed E-state index contributed by atoms with van der Waals surface area (Å²) in [6.07, 6.45) is 0. The van der Waals surface area contributed by atoms with Crippen LogP contribution in [0.3, 0.4) is 0 Å². The van der Waals surface area contributed by atoms with E-state index in [0.717, 1.165) is 13.1 Å². The normalized spacial score (nSPS) is 24.8. The summed E-state index contributed by atoms with van der Waals surface area (Å²) in [5.74, 6) is 0.703. The van der Waals surface area contributed by atoms with Crippen LogP contribution in [0, 0.1) is 18.8 Å². The fraction of sp³-hybridized carbons (Fsp3) is 0.533. The average Bonchev–Trinajstić information content (AvgIpc) is 2.76. The topological polar surface area (TPSA) is 41.1 Å². The average molecular weight is 246 g/mol. The summed E-state index contributed by atoms with van der Waals surface area (Å²) in [7, 11) is 0. The predicted molar refractivity (Wildman–Crippen MR) is 73.3 cm³/mol. The molecule has 3 nitrogen and oxygen atoms in total. The van der Waals surface area contributed by atoms with Gasteiger partial charge in [0.1, 0.15) is 0 Å². The van der Waals surface area contributed by atoms with E-state index in [1.54, 1.807) is 0 Å². The van der Waals surface area contributed by atoms with E-state index in [-0.39, 0.29) is 17.9 Å². The maximum atomic E-state index is 12.2. The molecule has 0 aromatic heterocycles. The van der Waals surface area contributed by atoms with Gasteiger partial charge in [0, 0.05) is 6.54 Å². The van der Waals surface area contributed by atoms with E-state index in [1.165, 1.54) is 11.1 Å². The van der Waals surface area contributed by atoms with Gasteiger partial charge in [-0.2, -0.15) is 0 Å². The largest absolute Gasteiger partial charge is 0.349 e. The number of carbonyl (C=O) groups excluding carboxylic acids is 1. The SMILES string of the molecule is Cc1ccccc1[C@@H](C)NC(=O)C1CNCC1C. The van der Waals surface area contributed by atoms with E-state index in [2.05, 4.69) is 36.6 Å². The highest BCUT2D eigenvalue weighted by Crippen LogP contribution is 2.20. The molecule has 0 aliphatic carbocycles. The minimum Gasteiger partial charge on any atom is -0.349 e. The van der Waals surface area contributed by atoms with Crippen molar-refractivity contribution < 1.29 is 4.79 Å². The van der Waals surface area contributed by atoms with Crippen molar-refractivity contribution in [3.05, 3.63) is 35.4 Å². The van der Waals surface area contributed by atoms with E-state index in [9.17, 15) is 4.79 Å². The van der Waals surface area contributed by atoms with E-state index in [4.69, 9.17) is 0 Å². The second kappa shape index (κ2) is 5.53. The first-order valence-electron chi connectivity index (χ1n) is 6.66. The van der Waals surface area contributed by atoms with Crippen molar-refractivity contribution in [2.45, 2.75) is 26.8 Å². The minimum atomic E-state index is 0.0755. The Labute approximate surface area is 109 Å². The molecule has 1 fully saturated rings. The van der Waals surface area contributed by atoms with Crippen LogP contribution in [0.2, 0.25) is 0 Å². The molecular formula is C15H22N2O. The van der Waals surface area contributed by atoms with Crippen LogP contribution in [-0.4, -0.2) is 19.0 Å². The number of amides is 1. The number of hydrogen-bond acceptors (Lipinski definition) is 2. The van der Waals surface area contributed by atoms with Crippen molar-refractivity contribution in [1.29, 1.82) is 0 Å². The van der Waals surface area contributed by atoms with Gasteiger partial charge in [-0.25, -0.2) is 0 Å². The molecule has 1 aromatic carbocycles. The molecule has 1 aromatic rings. The molecule has 2 rings (SSSR count). The standard InChI is InChI=1S/C15H22N2O/c1-10-6-4-5-7-13(10)12(3)17-15(18)14-9-16-8-11(14)2/h4-7,11-12,14,16H,8-9H2,1-3H3,(H,17,18)/t11?,12-,14?/m1/s1. The number of carbonyl (C=O) groups is 1. The van der Waals surface area contributed by atoms with Crippen molar-refractivity contribution in [2.75, 3.05) is 13.1 Å². The van der Waals surface area contributed by atoms with Gasteiger partial charge in [0.25, 0.3) is 0 Å². The lowest BCUT2D eigenvalue weighted by Crippen LogP contribution is -2.36. The Balaban J connectivity index is 2.01. The first-order valence-corrected chi connectivity index (χ1v) is 6.66. The lowest BCUT2D eigenvalue weighted by molar-refractivity contribution is -0.126. The Morgan fingerprint density at radius 2 is 2.11 bits per heavy atom. The lowest BCUT2D eigenvalue weighted by Gasteiger charge is -2.20. The van der Waals surface area contributed by atoms with Gasteiger partial charge in [0.15, 0.2) is 0 Å². The summed E-state index contributed by atoms with van der Waals surface area (Å²) in [5, 5.41) is 6.40. The highest BCUT2D eigenvalue weighted by molar-refractivity contribution is 5.80. The van der Waals surface area contributed by atoms with Gasteiger partial charge < -0.3 is 10.6 Å². The smallest absolute Gasteiger partial charge is 0.225 e. The molecule has 0 saturated carbocycles. The first kappa shape index (κ1) is 13.1. The number of benzene rings is 1. The predicted octanol–water partition coefficient (Wildman–Crippen LogP) is 2.03. The van der Waals surface area contributed by atoms with Crippen LogP contribution in [0.4, 0.5) is 0 Å². The highest BCUT2D eigenvalue weighted by Gasteiger charge is 2.30. The van der Waals surface area contributed by atoms with Crippen LogP contribution >= 0.6 is 0 Å². The van der Waals surface area contributed by atoms with Gasteiger partial charge in [-0.1, -0.05) is 31.2 Å². The summed E-state index contributed by atoms with van der Waals surface area (Å²) in [6, 6.07) is 8.28. The fourth-order valence-electron chi connectivity index (χ4n) is 2.63. The number of nitrogens with one attached hydrogen (secondary N) is 2. The zero-order valence-corrected chi connectivity index (χ0v) is 11.4. The molecule has 1 heterocycles. The van der Waals surface area contributed by atoms with E-state index >= 15 is 0 Å². The van der Waals surface area contributed by atoms with Gasteiger partial charge in [0.2, 0.25) is 5.91 Å². The lowest BCUT2D eigenvalue weighted by atomic mass is 9.96. The van der Waals surface area contributed by atoms with Crippen LogP contribution in [0.15, 0.2) is 24.3 Å². The maximum absolute atomic E-state index is 12.2. The van der Waals surface area contributed by atoms with Crippen LogP contribution in [-0.2, 0) is 4.79 Å². The van der Waals surface area contributed by atoms with Gasteiger partial charge in [-0.15, -0.1) is 0 Å². The Kier molecular flexibility index (Phi) is 4.02. The molecule has 1 amide bonds. The molecule has 2 N–H and O–H groups in total. The molecule has 3 heteroatoms. The molecule has 1 aliphatic heterocycles. The van der Waals surface area contributed by atoms with Gasteiger partial charge >= 0.3 is 0 Å². The summed E-state index contributed by atoms with van der Waals surface area (Å²) >= 11 is 0. The van der Waals surface area contributed by atoms with E-state index < -0.39 is 0 Å². The summed E-state index contributed by atoms with van der Waals surface area (Å²) in [5.41, 5.74) is 2.42. The Bertz CT molecular complexity index is 430. The van der Waals surface area contributed by atoms with Gasteiger partial charge in [0.05, 0.1) is 12.0 Å². The Hall–Kier alpha value is -1.35. The summed E-state index contributed by atoms with van der Waals surface area (Å²) in [4.78, 5) is 12.2. The highest BCUT2D eigenvalue weighted by atomic mass is 16.2. The van der Waals surface area contributed by atoms with Crippen molar-refractivity contribution in [3.8, 4) is 0 Å². The Morgan fingerprint density at radius 1 is 1.39 bits per heavy atom. The summed E-state index contributed by atoms with van der Waals surface area (Å²) < 4.78 is 0. The van der Waals surface area contributed by atoms with Crippen molar-refractivity contribution in [1.82, 2.24) is 10.6 Å². The van der Waals surface area contributed by atoms with Crippen LogP contribution in [0.1, 0.15) is 31.0 Å². The number of hydrogen-bond donors (Lipinski definition) is 2. The van der Waals surface area contributed by atoms with Crippen molar-refractivity contribution >= 4 is 5.91 Å². The third-order valence-electron chi connectivity index (χ3n) is 3.87. The maximum Gasteiger partial charge on any atom is 0.225 e. The molecule has 1 aliphatic rings. The van der Waals surface area contributed by atoms with Crippen LogP contribution in [0.5, 0.6) is 0 Å². The summed E-state index contributed by atoms with van der Waals surface area (Å²) in [6.45, 7) is 8.00. The van der Waals surface area contributed by atoms with E-state index in [1.807, 2.05) is 19.1 Å². The molecule has 3 atom stereocenters. The molecule has 0 spiro atoms. The van der Waals surface area contributed by atoms with Gasteiger partial charge in [-0.05, 0) is 37.4 Å². The van der Waals surface area contributed by atoms with E-state index in [0.29, 0.717) is 5.92 Å². The second-order valence-electron chi connectivity index (χ2n) is 5.33. The van der Waals surface area contributed by atoms with Crippen LogP contribution < -0.4 is 10.6 Å². The molecular weight excluding hydrogens is 224 g/mol. The molecule has 98 valence electrons. The fourth-order valence-corrected chi connectivity index (χ4v) is 2.63. The molecule has 1 saturated heterocycles. The van der Waals surface area contributed by atoms with Crippen molar-refractivity contribution in [2.24, 2.45) is 11.8 Å². The third-order valence-corrected chi connectivity index (χ3v) is 3.87. The van der Waals surface area contributed by atoms with Crippen molar-refractivity contribution in [3.63, 3.8) is 0 Å². The number of aryl methyl sites for hydroxylation is 1. The second-order valence-corrected chi connectivity index (χ2v) is 5.33. The third kappa shape index (κ3) is 2.72. The minimum absolute atomic E-state index is 0.0755. The monoisotopic (exact) mass is 246 g/mol. The molecule has 2 unspecified atom stereocenters. The zero-order chi connectivity index (χ0) is 13.1. The van der Waals surface area contributed by atoms with Crippen LogP contribution in [0.25, 0.3) is 0 Å². The molecule has 0 bridgehead atoms. The quantitative estimate of drug-likeness (QED) is 0.857. The molecule has 18 heavy (non-hydrogen) atoms. The molecule has 0 radical (unpaired) electrons. The number of rotatable bonds is 3.